The standard InChI is InChI=1S/C17H19NO2S/c19-17(18-9-8-16-5-2-10-21-16)12-20-15-7-6-13-3-1-4-14(13)11-15/h2,5-7,10-11H,1,3-4,8-9,12H2,(H,18,19). The van der Waals surface area contributed by atoms with Crippen molar-refractivity contribution in [1.82, 2.24) is 5.32 Å². The summed E-state index contributed by atoms with van der Waals surface area (Å²) in [5.41, 5.74) is 2.79. The van der Waals surface area contributed by atoms with Gasteiger partial charge in [-0.1, -0.05) is 12.1 Å². The molecular formula is C17H19NO2S. The van der Waals surface area contributed by atoms with E-state index in [1.165, 1.54) is 28.8 Å². The van der Waals surface area contributed by atoms with Crippen molar-refractivity contribution in [2.24, 2.45) is 0 Å². The number of rotatable bonds is 6. The van der Waals surface area contributed by atoms with E-state index in [4.69, 9.17) is 4.74 Å². The molecule has 0 bridgehead atoms. The molecule has 2 aromatic rings. The molecule has 0 aliphatic heterocycles. The van der Waals surface area contributed by atoms with Crippen LogP contribution in [0.25, 0.3) is 0 Å². The molecule has 1 aliphatic rings. The molecule has 0 fully saturated rings. The number of hydrogen-bond donors (Lipinski definition) is 1. The van der Waals surface area contributed by atoms with Crippen LogP contribution in [0.5, 0.6) is 5.75 Å². The van der Waals surface area contributed by atoms with Crippen molar-refractivity contribution in [2.45, 2.75) is 25.7 Å². The number of hydrogen-bond acceptors (Lipinski definition) is 3. The Balaban J connectivity index is 1.41. The van der Waals surface area contributed by atoms with Crippen LogP contribution in [0.2, 0.25) is 0 Å². The van der Waals surface area contributed by atoms with Gasteiger partial charge < -0.3 is 10.1 Å². The Bertz CT molecular complexity index is 607. The zero-order chi connectivity index (χ0) is 14.5. The maximum atomic E-state index is 11.7. The molecule has 1 N–H and O–H groups in total. The van der Waals surface area contributed by atoms with E-state index in [0.29, 0.717) is 6.54 Å². The largest absolute Gasteiger partial charge is 0.484 e. The molecule has 1 aromatic heterocycles. The van der Waals surface area contributed by atoms with Crippen LogP contribution in [-0.2, 0) is 24.1 Å². The SMILES string of the molecule is O=C(COc1ccc2c(c1)CCC2)NCCc1cccs1. The number of fused-ring (bicyclic) bond motifs is 1. The first-order valence-corrected chi connectivity index (χ1v) is 8.23. The molecule has 3 rings (SSSR count). The second-order valence-corrected chi connectivity index (χ2v) is 6.28. The van der Waals surface area contributed by atoms with Crippen LogP contribution in [0, 0.1) is 0 Å². The van der Waals surface area contributed by atoms with Gasteiger partial charge in [0.2, 0.25) is 0 Å². The van der Waals surface area contributed by atoms with Gasteiger partial charge in [-0.3, -0.25) is 4.79 Å². The smallest absolute Gasteiger partial charge is 0.257 e. The summed E-state index contributed by atoms with van der Waals surface area (Å²) >= 11 is 1.71. The number of amides is 1. The van der Waals surface area contributed by atoms with Crippen LogP contribution >= 0.6 is 11.3 Å². The van der Waals surface area contributed by atoms with Gasteiger partial charge in [-0.25, -0.2) is 0 Å². The van der Waals surface area contributed by atoms with E-state index in [-0.39, 0.29) is 12.5 Å². The predicted octanol–water partition coefficient (Wildman–Crippen LogP) is 2.97. The lowest BCUT2D eigenvalue weighted by atomic mass is 10.1. The van der Waals surface area contributed by atoms with Crippen molar-refractivity contribution < 1.29 is 9.53 Å². The minimum Gasteiger partial charge on any atom is -0.484 e. The Morgan fingerprint density at radius 2 is 2.14 bits per heavy atom. The van der Waals surface area contributed by atoms with Crippen LogP contribution in [0.4, 0.5) is 0 Å². The third-order valence-electron chi connectivity index (χ3n) is 3.71. The summed E-state index contributed by atoms with van der Waals surface area (Å²) in [6, 6.07) is 10.3. The van der Waals surface area contributed by atoms with Gasteiger partial charge in [0, 0.05) is 11.4 Å². The van der Waals surface area contributed by atoms with E-state index < -0.39 is 0 Å². The molecule has 1 aromatic carbocycles. The summed E-state index contributed by atoms with van der Waals surface area (Å²) in [6.45, 7) is 0.746. The second kappa shape index (κ2) is 6.76. The fourth-order valence-electron chi connectivity index (χ4n) is 2.62. The minimum absolute atomic E-state index is 0.0629. The highest BCUT2D eigenvalue weighted by atomic mass is 32.1. The second-order valence-electron chi connectivity index (χ2n) is 5.25. The van der Waals surface area contributed by atoms with Crippen molar-refractivity contribution in [3.63, 3.8) is 0 Å². The minimum atomic E-state index is -0.0629. The first kappa shape index (κ1) is 14.1. The number of aryl methyl sites for hydroxylation is 2. The molecule has 0 saturated heterocycles. The summed E-state index contributed by atoms with van der Waals surface area (Å²) in [7, 11) is 0. The molecule has 4 heteroatoms. The van der Waals surface area contributed by atoms with E-state index >= 15 is 0 Å². The van der Waals surface area contributed by atoms with Crippen LogP contribution in [0.3, 0.4) is 0 Å². The molecule has 0 radical (unpaired) electrons. The van der Waals surface area contributed by atoms with Gasteiger partial charge in [0.1, 0.15) is 5.75 Å². The Morgan fingerprint density at radius 1 is 1.24 bits per heavy atom. The number of carbonyl (C=O) groups is 1. The van der Waals surface area contributed by atoms with Gasteiger partial charge in [0.15, 0.2) is 6.61 Å². The quantitative estimate of drug-likeness (QED) is 0.891. The molecule has 3 nitrogen and oxygen atoms in total. The molecule has 21 heavy (non-hydrogen) atoms. The number of thiophene rings is 1. The van der Waals surface area contributed by atoms with Crippen molar-refractivity contribution >= 4 is 17.2 Å². The monoisotopic (exact) mass is 301 g/mol. The highest BCUT2D eigenvalue weighted by molar-refractivity contribution is 7.09. The first-order valence-electron chi connectivity index (χ1n) is 7.35. The van der Waals surface area contributed by atoms with Crippen LogP contribution in [-0.4, -0.2) is 19.1 Å². The number of ether oxygens (including phenoxy) is 1. The van der Waals surface area contributed by atoms with Gasteiger partial charge in [-0.2, -0.15) is 0 Å². The highest BCUT2D eigenvalue weighted by Gasteiger charge is 2.11. The third kappa shape index (κ3) is 3.85. The summed E-state index contributed by atoms with van der Waals surface area (Å²) in [5, 5.41) is 4.94. The van der Waals surface area contributed by atoms with Gasteiger partial charge in [-0.15, -0.1) is 11.3 Å². The van der Waals surface area contributed by atoms with Crippen LogP contribution in [0.15, 0.2) is 35.7 Å². The normalized spacial score (nSPS) is 13.0. The summed E-state index contributed by atoms with van der Waals surface area (Å²) in [4.78, 5) is 13.0. The first-order chi connectivity index (χ1) is 10.3. The lowest BCUT2D eigenvalue weighted by molar-refractivity contribution is -0.123. The zero-order valence-electron chi connectivity index (χ0n) is 11.9. The molecule has 0 unspecified atom stereocenters. The Kier molecular flexibility index (Phi) is 4.55. The zero-order valence-corrected chi connectivity index (χ0v) is 12.7. The average molecular weight is 301 g/mol. The van der Waals surface area contributed by atoms with Gasteiger partial charge in [0.25, 0.3) is 5.91 Å². The van der Waals surface area contributed by atoms with Crippen molar-refractivity contribution in [3.8, 4) is 5.75 Å². The summed E-state index contributed by atoms with van der Waals surface area (Å²) in [6.07, 6.45) is 4.39. The maximum absolute atomic E-state index is 11.7. The Labute approximate surface area is 129 Å². The molecule has 0 atom stereocenters. The van der Waals surface area contributed by atoms with Crippen molar-refractivity contribution in [1.29, 1.82) is 0 Å². The maximum Gasteiger partial charge on any atom is 0.257 e. The van der Waals surface area contributed by atoms with E-state index in [9.17, 15) is 4.79 Å². The molecule has 1 aliphatic carbocycles. The molecule has 1 heterocycles. The van der Waals surface area contributed by atoms with E-state index in [1.54, 1.807) is 11.3 Å². The number of nitrogens with one attached hydrogen (secondary N) is 1. The van der Waals surface area contributed by atoms with Gasteiger partial charge in [0.05, 0.1) is 0 Å². The average Bonchev–Trinajstić information content (AvgIpc) is 3.15. The van der Waals surface area contributed by atoms with E-state index in [2.05, 4.69) is 23.5 Å². The van der Waals surface area contributed by atoms with Gasteiger partial charge >= 0.3 is 0 Å². The molecule has 1 amide bonds. The van der Waals surface area contributed by atoms with Gasteiger partial charge in [-0.05, 0) is 60.4 Å². The lowest BCUT2D eigenvalue weighted by Crippen LogP contribution is -2.30. The fourth-order valence-corrected chi connectivity index (χ4v) is 3.33. The predicted molar refractivity (Wildman–Crippen MR) is 85.0 cm³/mol. The third-order valence-corrected chi connectivity index (χ3v) is 4.65. The molecule has 110 valence electrons. The summed E-state index contributed by atoms with van der Waals surface area (Å²) in [5.74, 6) is 0.733. The fraction of sp³-hybridized carbons (Fsp3) is 0.353. The molecular weight excluding hydrogens is 282 g/mol. The number of benzene rings is 1. The summed E-state index contributed by atoms with van der Waals surface area (Å²) < 4.78 is 5.57. The van der Waals surface area contributed by atoms with Crippen molar-refractivity contribution in [3.05, 3.63) is 51.7 Å². The highest BCUT2D eigenvalue weighted by Crippen LogP contribution is 2.25. The number of carbonyl (C=O) groups excluding carboxylic acids is 1. The molecule has 0 saturated carbocycles. The topological polar surface area (TPSA) is 38.3 Å². The lowest BCUT2D eigenvalue weighted by Gasteiger charge is -2.08. The Hall–Kier alpha value is -1.81. The Morgan fingerprint density at radius 3 is 3.00 bits per heavy atom. The van der Waals surface area contributed by atoms with Crippen molar-refractivity contribution in [2.75, 3.05) is 13.2 Å². The molecule has 0 spiro atoms. The van der Waals surface area contributed by atoms with Crippen LogP contribution < -0.4 is 10.1 Å². The van der Waals surface area contributed by atoms with E-state index in [1.807, 2.05) is 17.5 Å². The van der Waals surface area contributed by atoms with E-state index in [0.717, 1.165) is 18.6 Å². The van der Waals surface area contributed by atoms with Crippen LogP contribution in [0.1, 0.15) is 22.4 Å².